The molecule has 0 bridgehead atoms. The van der Waals surface area contributed by atoms with Crippen LogP contribution in [0.2, 0.25) is 0 Å². The van der Waals surface area contributed by atoms with Crippen molar-refractivity contribution in [3.63, 3.8) is 0 Å². The Labute approximate surface area is 162 Å². The average Bonchev–Trinajstić information content (AvgIpc) is 2.69. The fourth-order valence-corrected chi connectivity index (χ4v) is 2.71. The molecule has 0 spiro atoms. The molecule has 0 aliphatic rings. The van der Waals surface area contributed by atoms with Gasteiger partial charge in [0.15, 0.2) is 11.6 Å². The maximum absolute atomic E-state index is 13.3. The zero-order chi connectivity index (χ0) is 20.1. The number of carbonyl (C=O) groups excluding carboxylic acids is 1. The molecule has 2 aromatic carbocycles. The highest BCUT2D eigenvalue weighted by molar-refractivity contribution is 6.03. The summed E-state index contributed by atoms with van der Waals surface area (Å²) in [6, 6.07) is 14.8. The molecule has 144 valence electrons. The molecule has 0 fully saturated rings. The average molecular weight is 382 g/mol. The van der Waals surface area contributed by atoms with Gasteiger partial charge in [0.1, 0.15) is 17.8 Å². The highest BCUT2D eigenvalue weighted by atomic mass is 19.2. The first-order valence-electron chi connectivity index (χ1n) is 8.83. The molecule has 0 aliphatic carbocycles. The zero-order valence-electron chi connectivity index (χ0n) is 15.6. The number of aromatic nitrogens is 2. The summed E-state index contributed by atoms with van der Waals surface area (Å²) in [7, 11) is 0. The number of benzene rings is 2. The highest BCUT2D eigenvalue weighted by Crippen LogP contribution is 2.19. The van der Waals surface area contributed by atoms with E-state index in [0.717, 1.165) is 17.7 Å². The van der Waals surface area contributed by atoms with E-state index in [1.54, 1.807) is 6.07 Å². The number of anilines is 2. The van der Waals surface area contributed by atoms with Crippen LogP contribution in [0.4, 0.5) is 20.3 Å². The first-order chi connectivity index (χ1) is 13.4. The maximum Gasteiger partial charge on any atom is 0.274 e. The molecule has 0 saturated carbocycles. The monoisotopic (exact) mass is 382 g/mol. The van der Waals surface area contributed by atoms with Crippen LogP contribution in [0.5, 0.6) is 0 Å². The van der Waals surface area contributed by atoms with Crippen molar-refractivity contribution < 1.29 is 13.6 Å². The Balaban J connectivity index is 1.81. The smallest absolute Gasteiger partial charge is 0.274 e. The van der Waals surface area contributed by atoms with Crippen LogP contribution in [0.15, 0.2) is 60.9 Å². The van der Waals surface area contributed by atoms with Crippen LogP contribution in [0.3, 0.4) is 0 Å². The Bertz CT molecular complexity index is 964. The van der Waals surface area contributed by atoms with Crippen LogP contribution in [0.1, 0.15) is 29.9 Å². The Morgan fingerprint density at radius 1 is 1.04 bits per heavy atom. The second kappa shape index (κ2) is 8.56. The molecule has 0 aliphatic heterocycles. The molecule has 28 heavy (non-hydrogen) atoms. The van der Waals surface area contributed by atoms with E-state index in [4.69, 9.17) is 0 Å². The number of halogens is 2. The van der Waals surface area contributed by atoms with Crippen LogP contribution < -0.4 is 10.2 Å². The molecule has 3 rings (SSSR count). The largest absolute Gasteiger partial charge is 0.350 e. The van der Waals surface area contributed by atoms with Gasteiger partial charge in [-0.3, -0.25) is 4.79 Å². The van der Waals surface area contributed by atoms with Crippen LogP contribution in [-0.4, -0.2) is 21.9 Å². The number of hydrogen-bond donors (Lipinski definition) is 1. The molecule has 1 amide bonds. The fourth-order valence-electron chi connectivity index (χ4n) is 2.71. The van der Waals surface area contributed by atoms with Crippen LogP contribution in [0.25, 0.3) is 0 Å². The SMILES string of the molecule is CC(C)N(Cc1ccccc1)c1cc(C(=O)Nc2ccc(F)c(F)c2)ncn1. The molecular weight excluding hydrogens is 362 g/mol. The first kappa shape index (κ1) is 19.4. The van der Waals surface area contributed by atoms with Crippen molar-refractivity contribution in [3.05, 3.63) is 83.8 Å². The van der Waals surface area contributed by atoms with Gasteiger partial charge in [-0.2, -0.15) is 0 Å². The van der Waals surface area contributed by atoms with Crippen molar-refractivity contribution >= 4 is 17.4 Å². The van der Waals surface area contributed by atoms with Gasteiger partial charge in [0, 0.05) is 30.4 Å². The highest BCUT2D eigenvalue weighted by Gasteiger charge is 2.16. The van der Waals surface area contributed by atoms with Crippen molar-refractivity contribution in [1.82, 2.24) is 9.97 Å². The van der Waals surface area contributed by atoms with Gasteiger partial charge in [-0.05, 0) is 31.5 Å². The van der Waals surface area contributed by atoms with Crippen molar-refractivity contribution in [3.8, 4) is 0 Å². The number of rotatable bonds is 6. The van der Waals surface area contributed by atoms with E-state index in [1.165, 1.54) is 12.4 Å². The first-order valence-corrected chi connectivity index (χ1v) is 8.83. The second-order valence-electron chi connectivity index (χ2n) is 6.55. The third kappa shape index (κ3) is 4.68. The van der Waals surface area contributed by atoms with Gasteiger partial charge in [-0.25, -0.2) is 18.7 Å². The molecule has 0 saturated heterocycles. The normalized spacial score (nSPS) is 10.8. The molecule has 1 aromatic heterocycles. The fraction of sp³-hybridized carbons (Fsp3) is 0.190. The quantitative estimate of drug-likeness (QED) is 0.686. The van der Waals surface area contributed by atoms with E-state index in [-0.39, 0.29) is 17.4 Å². The Hall–Kier alpha value is -3.35. The van der Waals surface area contributed by atoms with E-state index in [0.29, 0.717) is 12.4 Å². The molecule has 3 aromatic rings. The lowest BCUT2D eigenvalue weighted by molar-refractivity contribution is 0.102. The van der Waals surface area contributed by atoms with Gasteiger partial charge in [-0.1, -0.05) is 30.3 Å². The van der Waals surface area contributed by atoms with Crippen molar-refractivity contribution in [2.75, 3.05) is 10.2 Å². The number of amides is 1. The van der Waals surface area contributed by atoms with E-state index in [2.05, 4.69) is 15.3 Å². The van der Waals surface area contributed by atoms with Gasteiger partial charge in [0.05, 0.1) is 0 Å². The molecular formula is C21H20F2N4O. The number of nitrogens with zero attached hydrogens (tertiary/aromatic N) is 3. The number of nitrogens with one attached hydrogen (secondary N) is 1. The van der Waals surface area contributed by atoms with Crippen molar-refractivity contribution in [1.29, 1.82) is 0 Å². The van der Waals surface area contributed by atoms with Crippen LogP contribution in [0, 0.1) is 11.6 Å². The third-order valence-corrected chi connectivity index (χ3v) is 4.18. The molecule has 1 heterocycles. The lowest BCUT2D eigenvalue weighted by Crippen LogP contribution is -2.31. The molecule has 7 heteroatoms. The predicted molar refractivity (Wildman–Crippen MR) is 104 cm³/mol. The Morgan fingerprint density at radius 3 is 2.46 bits per heavy atom. The minimum Gasteiger partial charge on any atom is -0.350 e. The van der Waals surface area contributed by atoms with Crippen molar-refractivity contribution in [2.24, 2.45) is 0 Å². The summed E-state index contributed by atoms with van der Waals surface area (Å²) in [6.07, 6.45) is 1.32. The summed E-state index contributed by atoms with van der Waals surface area (Å²) in [5.41, 5.74) is 1.39. The minimum atomic E-state index is -1.03. The van der Waals surface area contributed by atoms with E-state index >= 15 is 0 Å². The topological polar surface area (TPSA) is 58.1 Å². The third-order valence-electron chi connectivity index (χ3n) is 4.18. The molecule has 0 unspecified atom stereocenters. The van der Waals surface area contributed by atoms with E-state index in [9.17, 15) is 13.6 Å². The second-order valence-corrected chi connectivity index (χ2v) is 6.55. The molecule has 5 nitrogen and oxygen atoms in total. The zero-order valence-corrected chi connectivity index (χ0v) is 15.6. The number of carbonyl (C=O) groups is 1. The predicted octanol–water partition coefficient (Wildman–Crippen LogP) is 4.42. The van der Waals surface area contributed by atoms with Crippen molar-refractivity contribution in [2.45, 2.75) is 26.4 Å². The summed E-state index contributed by atoms with van der Waals surface area (Å²) in [6.45, 7) is 4.69. The van der Waals surface area contributed by atoms with Crippen LogP contribution in [-0.2, 0) is 6.54 Å². The van der Waals surface area contributed by atoms with Gasteiger partial charge < -0.3 is 10.2 Å². The summed E-state index contributed by atoms with van der Waals surface area (Å²) in [5.74, 6) is -1.94. The van der Waals surface area contributed by atoms with Gasteiger partial charge in [-0.15, -0.1) is 0 Å². The summed E-state index contributed by atoms with van der Waals surface area (Å²) < 4.78 is 26.4. The van der Waals surface area contributed by atoms with Gasteiger partial charge >= 0.3 is 0 Å². The minimum absolute atomic E-state index is 0.133. The molecule has 0 radical (unpaired) electrons. The van der Waals surface area contributed by atoms with E-state index < -0.39 is 17.5 Å². The lowest BCUT2D eigenvalue weighted by Gasteiger charge is -2.28. The lowest BCUT2D eigenvalue weighted by atomic mass is 10.2. The standard InChI is InChI=1S/C21H20F2N4O/c1-14(2)27(12-15-6-4-3-5-7-15)20-11-19(24-13-25-20)21(28)26-16-8-9-17(22)18(23)10-16/h3-11,13-14H,12H2,1-2H3,(H,26,28). The summed E-state index contributed by atoms with van der Waals surface area (Å²) in [4.78, 5) is 22.8. The molecule has 1 N–H and O–H groups in total. The summed E-state index contributed by atoms with van der Waals surface area (Å²) in [5, 5.41) is 2.52. The van der Waals surface area contributed by atoms with Gasteiger partial charge in [0.25, 0.3) is 5.91 Å². The Morgan fingerprint density at radius 2 is 1.79 bits per heavy atom. The number of hydrogen-bond acceptors (Lipinski definition) is 4. The molecule has 0 atom stereocenters. The van der Waals surface area contributed by atoms with E-state index in [1.807, 2.05) is 49.1 Å². The maximum atomic E-state index is 13.3. The summed E-state index contributed by atoms with van der Waals surface area (Å²) >= 11 is 0. The Kier molecular flexibility index (Phi) is 5.93. The van der Waals surface area contributed by atoms with Gasteiger partial charge in [0.2, 0.25) is 0 Å². The van der Waals surface area contributed by atoms with Crippen LogP contribution >= 0.6 is 0 Å².